The lowest BCUT2D eigenvalue weighted by molar-refractivity contribution is 0.0989. The number of benzene rings is 1. The van der Waals surface area contributed by atoms with Gasteiger partial charge in [0.2, 0.25) is 0 Å². The molecule has 2 heterocycles. The fraction of sp³-hybridized carbons (Fsp3) is 0.200. The minimum Gasteiger partial charge on any atom is -0.308 e. The number of anilines is 1. The van der Waals surface area contributed by atoms with E-state index < -0.39 is 0 Å². The first kappa shape index (κ1) is 11.0. The average Bonchev–Trinajstić information content (AvgIpc) is 2.81. The summed E-state index contributed by atoms with van der Waals surface area (Å²) in [4.78, 5) is 18.2. The van der Waals surface area contributed by atoms with Gasteiger partial charge in [-0.1, -0.05) is 17.7 Å². The van der Waals surface area contributed by atoms with Crippen molar-refractivity contribution in [3.8, 4) is 0 Å². The molecule has 1 aliphatic rings. The van der Waals surface area contributed by atoms with Gasteiger partial charge < -0.3 is 4.90 Å². The van der Waals surface area contributed by atoms with Gasteiger partial charge in [-0.2, -0.15) is 0 Å². The second-order valence-electron chi connectivity index (χ2n) is 4.57. The number of carbonyl (C=O) groups excluding carboxylic acids is 1. The van der Waals surface area contributed by atoms with Crippen LogP contribution >= 0.6 is 0 Å². The summed E-state index contributed by atoms with van der Waals surface area (Å²) in [7, 11) is 0. The van der Waals surface area contributed by atoms with Gasteiger partial charge >= 0.3 is 0 Å². The van der Waals surface area contributed by atoms with Crippen LogP contribution in [0.3, 0.4) is 0 Å². The molecule has 0 spiro atoms. The highest BCUT2D eigenvalue weighted by atomic mass is 16.2. The molecule has 1 aromatic carbocycles. The van der Waals surface area contributed by atoms with Crippen LogP contribution < -0.4 is 4.90 Å². The van der Waals surface area contributed by atoms with E-state index >= 15 is 0 Å². The molecule has 0 N–H and O–H groups in total. The Morgan fingerprint density at radius 1 is 1.22 bits per heavy atom. The first-order valence-corrected chi connectivity index (χ1v) is 6.07. The lowest BCUT2D eigenvalue weighted by Gasteiger charge is -2.17. The van der Waals surface area contributed by atoms with E-state index in [4.69, 9.17) is 0 Å². The van der Waals surface area contributed by atoms with Gasteiger partial charge in [0, 0.05) is 30.2 Å². The van der Waals surface area contributed by atoms with Gasteiger partial charge in [-0.25, -0.2) is 0 Å². The van der Waals surface area contributed by atoms with Gasteiger partial charge in [0.25, 0.3) is 5.91 Å². The van der Waals surface area contributed by atoms with Gasteiger partial charge in [-0.15, -0.1) is 0 Å². The molecular formula is C15H14N2O. The third kappa shape index (κ3) is 1.78. The van der Waals surface area contributed by atoms with Crippen LogP contribution in [-0.4, -0.2) is 17.4 Å². The number of hydrogen-bond acceptors (Lipinski definition) is 2. The summed E-state index contributed by atoms with van der Waals surface area (Å²) >= 11 is 0. The molecular weight excluding hydrogens is 224 g/mol. The normalized spacial score (nSPS) is 13.5. The number of aryl methyl sites for hydroxylation is 1. The SMILES string of the molecule is Cc1ccc2c(c1)CCN2C(=O)c1ccncc1. The topological polar surface area (TPSA) is 33.2 Å². The lowest BCUT2D eigenvalue weighted by Crippen LogP contribution is -2.28. The molecule has 1 aromatic heterocycles. The zero-order valence-corrected chi connectivity index (χ0v) is 10.3. The fourth-order valence-electron chi connectivity index (χ4n) is 2.39. The number of aromatic nitrogens is 1. The summed E-state index contributed by atoms with van der Waals surface area (Å²) in [5.74, 6) is 0.0556. The van der Waals surface area contributed by atoms with Gasteiger partial charge in [0.05, 0.1) is 0 Å². The Labute approximate surface area is 106 Å². The number of pyridine rings is 1. The van der Waals surface area contributed by atoms with E-state index in [9.17, 15) is 4.79 Å². The largest absolute Gasteiger partial charge is 0.308 e. The van der Waals surface area contributed by atoms with E-state index in [1.165, 1.54) is 11.1 Å². The van der Waals surface area contributed by atoms with E-state index in [1.54, 1.807) is 24.5 Å². The Morgan fingerprint density at radius 3 is 2.78 bits per heavy atom. The molecule has 3 heteroatoms. The molecule has 0 saturated heterocycles. The van der Waals surface area contributed by atoms with Crippen molar-refractivity contribution in [3.63, 3.8) is 0 Å². The molecule has 0 unspecified atom stereocenters. The minimum absolute atomic E-state index is 0.0556. The van der Waals surface area contributed by atoms with Gasteiger partial charge in [0.1, 0.15) is 0 Å². The monoisotopic (exact) mass is 238 g/mol. The van der Waals surface area contributed by atoms with Crippen molar-refractivity contribution in [2.75, 3.05) is 11.4 Å². The molecule has 3 rings (SSSR count). The summed E-state index contributed by atoms with van der Waals surface area (Å²) in [6.07, 6.45) is 4.24. The summed E-state index contributed by atoms with van der Waals surface area (Å²) in [6.45, 7) is 2.84. The van der Waals surface area contributed by atoms with Crippen LogP contribution in [0.5, 0.6) is 0 Å². The molecule has 2 aromatic rings. The van der Waals surface area contributed by atoms with Gasteiger partial charge in [-0.05, 0) is 37.1 Å². The molecule has 3 nitrogen and oxygen atoms in total. The van der Waals surface area contributed by atoms with Crippen LogP contribution in [0.15, 0.2) is 42.7 Å². The highest BCUT2D eigenvalue weighted by molar-refractivity contribution is 6.07. The van der Waals surface area contributed by atoms with Crippen molar-refractivity contribution in [1.29, 1.82) is 0 Å². The Bertz CT molecular complexity index is 593. The Hall–Kier alpha value is -2.16. The average molecular weight is 238 g/mol. The third-order valence-corrected chi connectivity index (χ3v) is 3.30. The molecule has 18 heavy (non-hydrogen) atoms. The molecule has 0 aliphatic carbocycles. The number of rotatable bonds is 1. The second-order valence-corrected chi connectivity index (χ2v) is 4.57. The lowest BCUT2D eigenvalue weighted by atomic mass is 10.1. The first-order chi connectivity index (χ1) is 8.75. The maximum absolute atomic E-state index is 12.4. The van der Waals surface area contributed by atoms with Gasteiger partial charge in [-0.3, -0.25) is 9.78 Å². The molecule has 0 fully saturated rings. The fourth-order valence-corrected chi connectivity index (χ4v) is 2.39. The van der Waals surface area contributed by atoms with Crippen LogP contribution in [0.25, 0.3) is 0 Å². The Morgan fingerprint density at radius 2 is 2.00 bits per heavy atom. The molecule has 1 aliphatic heterocycles. The smallest absolute Gasteiger partial charge is 0.258 e. The number of carbonyl (C=O) groups is 1. The van der Waals surface area contributed by atoms with Crippen molar-refractivity contribution < 1.29 is 4.79 Å². The first-order valence-electron chi connectivity index (χ1n) is 6.07. The molecule has 0 atom stereocenters. The van der Waals surface area contributed by atoms with Crippen molar-refractivity contribution in [2.45, 2.75) is 13.3 Å². The molecule has 0 bridgehead atoms. The van der Waals surface area contributed by atoms with Crippen molar-refractivity contribution >= 4 is 11.6 Å². The van der Waals surface area contributed by atoms with Crippen LogP contribution in [0.4, 0.5) is 5.69 Å². The van der Waals surface area contributed by atoms with E-state index in [-0.39, 0.29) is 5.91 Å². The van der Waals surface area contributed by atoms with Crippen LogP contribution in [0, 0.1) is 6.92 Å². The summed E-state index contributed by atoms with van der Waals surface area (Å²) in [5.41, 5.74) is 4.24. The number of fused-ring (bicyclic) bond motifs is 1. The third-order valence-electron chi connectivity index (χ3n) is 3.30. The minimum atomic E-state index is 0.0556. The zero-order chi connectivity index (χ0) is 12.5. The predicted octanol–water partition coefficient (Wildman–Crippen LogP) is 2.59. The van der Waals surface area contributed by atoms with Crippen LogP contribution in [0.2, 0.25) is 0 Å². The highest BCUT2D eigenvalue weighted by Gasteiger charge is 2.25. The van der Waals surface area contributed by atoms with Gasteiger partial charge in [0.15, 0.2) is 0 Å². The zero-order valence-electron chi connectivity index (χ0n) is 10.3. The van der Waals surface area contributed by atoms with Crippen molar-refractivity contribution in [1.82, 2.24) is 4.98 Å². The number of amides is 1. The van der Waals surface area contributed by atoms with Crippen LogP contribution in [-0.2, 0) is 6.42 Å². The quantitative estimate of drug-likeness (QED) is 0.765. The van der Waals surface area contributed by atoms with E-state index in [1.807, 2.05) is 11.0 Å². The molecule has 0 radical (unpaired) electrons. The summed E-state index contributed by atoms with van der Waals surface area (Å²) in [5, 5.41) is 0. The predicted molar refractivity (Wildman–Crippen MR) is 70.8 cm³/mol. The number of hydrogen-bond donors (Lipinski definition) is 0. The van der Waals surface area contributed by atoms with Crippen LogP contribution in [0.1, 0.15) is 21.5 Å². The number of nitrogens with zero attached hydrogens (tertiary/aromatic N) is 2. The van der Waals surface area contributed by atoms with E-state index in [2.05, 4.69) is 24.0 Å². The molecule has 90 valence electrons. The maximum atomic E-state index is 12.4. The molecule has 0 saturated carbocycles. The summed E-state index contributed by atoms with van der Waals surface area (Å²) < 4.78 is 0. The highest BCUT2D eigenvalue weighted by Crippen LogP contribution is 2.29. The standard InChI is InChI=1S/C15H14N2O/c1-11-2-3-14-13(10-11)6-9-17(14)15(18)12-4-7-16-8-5-12/h2-5,7-8,10H,6,9H2,1H3. The molecule has 1 amide bonds. The maximum Gasteiger partial charge on any atom is 0.258 e. The van der Waals surface area contributed by atoms with Crippen molar-refractivity contribution in [3.05, 3.63) is 59.4 Å². The van der Waals surface area contributed by atoms with E-state index in [0.29, 0.717) is 5.56 Å². The Balaban J connectivity index is 1.95. The van der Waals surface area contributed by atoms with E-state index in [0.717, 1.165) is 18.7 Å². The van der Waals surface area contributed by atoms with Crippen molar-refractivity contribution in [2.24, 2.45) is 0 Å². The second kappa shape index (κ2) is 4.26. The Kier molecular flexibility index (Phi) is 2.59. The summed E-state index contributed by atoms with van der Waals surface area (Å²) in [6, 6.07) is 9.77.